The van der Waals surface area contributed by atoms with Gasteiger partial charge in [-0.2, -0.15) is 0 Å². The summed E-state index contributed by atoms with van der Waals surface area (Å²) in [7, 11) is 0. The number of nitrogens with two attached hydrogens (primary N) is 1. The predicted molar refractivity (Wildman–Crippen MR) is 50.7 cm³/mol. The van der Waals surface area contributed by atoms with Crippen LogP contribution in [0.3, 0.4) is 0 Å². The fraction of sp³-hybridized carbons (Fsp3) is 0.286. The average Bonchev–Trinajstić information content (AvgIpc) is 2.47. The second kappa shape index (κ2) is 4.45. The number of rotatable bonds is 3. The molecule has 5 heteroatoms. The smallest absolute Gasteiger partial charge is 0.261 e. The number of carbonyl (C=O) groups excluding carboxylic acids is 1. The average molecular weight is 205 g/mol. The Morgan fingerprint density at radius 2 is 2.50 bits per heavy atom. The molecule has 0 spiro atoms. The van der Waals surface area contributed by atoms with Crippen molar-refractivity contribution in [2.45, 2.75) is 0 Å². The van der Waals surface area contributed by atoms with Crippen molar-refractivity contribution in [1.29, 1.82) is 0 Å². The van der Waals surface area contributed by atoms with Crippen LogP contribution in [0.2, 0.25) is 5.02 Å². The van der Waals surface area contributed by atoms with Crippen LogP contribution in [0.15, 0.2) is 11.4 Å². The molecule has 3 N–H and O–H groups in total. The summed E-state index contributed by atoms with van der Waals surface area (Å²) in [5.74, 6) is -0.114. The molecule has 1 aromatic heterocycles. The number of amides is 1. The molecule has 0 aliphatic rings. The molecule has 0 radical (unpaired) electrons. The predicted octanol–water partition coefficient (Wildman–Crippen LogP) is 1.09. The van der Waals surface area contributed by atoms with Crippen molar-refractivity contribution in [3.63, 3.8) is 0 Å². The molecule has 0 aliphatic carbocycles. The molecule has 1 heterocycles. The Balaban J connectivity index is 2.53. The number of thiophene rings is 1. The lowest BCUT2D eigenvalue weighted by Crippen LogP contribution is -2.28. The minimum atomic E-state index is -0.114. The Bertz CT molecular complexity index is 274. The first kappa shape index (κ1) is 9.51. The van der Waals surface area contributed by atoms with Crippen LogP contribution in [0, 0.1) is 0 Å². The van der Waals surface area contributed by atoms with Gasteiger partial charge in [0.2, 0.25) is 0 Å². The minimum absolute atomic E-state index is 0.114. The fourth-order valence-corrected chi connectivity index (χ4v) is 1.69. The summed E-state index contributed by atoms with van der Waals surface area (Å²) in [6, 6.07) is 1.64. The van der Waals surface area contributed by atoms with Crippen LogP contribution in [0.25, 0.3) is 0 Å². The first-order valence-electron chi connectivity index (χ1n) is 3.46. The zero-order valence-corrected chi connectivity index (χ0v) is 7.91. The van der Waals surface area contributed by atoms with Crippen molar-refractivity contribution in [3.05, 3.63) is 21.3 Å². The molecule has 1 aromatic rings. The molecule has 0 saturated carbocycles. The molecular formula is C7H9ClN2OS. The molecule has 0 bridgehead atoms. The van der Waals surface area contributed by atoms with E-state index in [0.29, 0.717) is 23.0 Å². The summed E-state index contributed by atoms with van der Waals surface area (Å²) in [6.07, 6.45) is 0. The summed E-state index contributed by atoms with van der Waals surface area (Å²) in [4.78, 5) is 11.8. The Morgan fingerprint density at radius 3 is 3.00 bits per heavy atom. The van der Waals surface area contributed by atoms with Crippen LogP contribution in [-0.2, 0) is 0 Å². The zero-order valence-electron chi connectivity index (χ0n) is 6.34. The van der Waals surface area contributed by atoms with Crippen molar-refractivity contribution in [3.8, 4) is 0 Å². The van der Waals surface area contributed by atoms with Crippen LogP contribution < -0.4 is 11.1 Å². The van der Waals surface area contributed by atoms with E-state index in [9.17, 15) is 4.79 Å². The van der Waals surface area contributed by atoms with E-state index >= 15 is 0 Å². The molecule has 1 amide bonds. The van der Waals surface area contributed by atoms with Gasteiger partial charge in [0.05, 0.1) is 9.90 Å². The van der Waals surface area contributed by atoms with Crippen molar-refractivity contribution in [2.24, 2.45) is 5.73 Å². The second-order valence-corrected chi connectivity index (χ2v) is 3.52. The van der Waals surface area contributed by atoms with E-state index in [4.69, 9.17) is 17.3 Å². The second-order valence-electron chi connectivity index (χ2n) is 2.17. The maximum Gasteiger partial charge on any atom is 0.261 e. The van der Waals surface area contributed by atoms with Crippen molar-refractivity contribution >= 4 is 28.8 Å². The van der Waals surface area contributed by atoms with Crippen LogP contribution in [0.5, 0.6) is 0 Å². The molecule has 3 nitrogen and oxygen atoms in total. The van der Waals surface area contributed by atoms with Gasteiger partial charge in [0.25, 0.3) is 5.91 Å². The number of carbonyl (C=O) groups is 1. The first-order valence-corrected chi connectivity index (χ1v) is 4.72. The largest absolute Gasteiger partial charge is 0.350 e. The lowest BCUT2D eigenvalue weighted by atomic mass is 10.4. The summed E-state index contributed by atoms with van der Waals surface area (Å²) in [5, 5.41) is 4.97. The van der Waals surface area contributed by atoms with Crippen molar-refractivity contribution < 1.29 is 4.79 Å². The van der Waals surface area contributed by atoms with Gasteiger partial charge in [0.15, 0.2) is 0 Å². The van der Waals surface area contributed by atoms with Gasteiger partial charge in [-0.15, -0.1) is 11.3 Å². The van der Waals surface area contributed by atoms with E-state index in [1.807, 2.05) is 0 Å². The van der Waals surface area contributed by atoms with E-state index in [1.54, 1.807) is 11.4 Å². The van der Waals surface area contributed by atoms with Gasteiger partial charge in [-0.25, -0.2) is 0 Å². The van der Waals surface area contributed by atoms with Crippen LogP contribution in [-0.4, -0.2) is 19.0 Å². The first-order chi connectivity index (χ1) is 5.74. The molecule has 0 unspecified atom stereocenters. The minimum Gasteiger partial charge on any atom is -0.350 e. The third-order valence-corrected chi connectivity index (χ3v) is 2.50. The van der Waals surface area contributed by atoms with E-state index < -0.39 is 0 Å². The molecule has 12 heavy (non-hydrogen) atoms. The summed E-state index contributed by atoms with van der Waals surface area (Å²) in [5.41, 5.74) is 5.22. The van der Waals surface area contributed by atoms with Gasteiger partial charge < -0.3 is 11.1 Å². The van der Waals surface area contributed by atoms with Gasteiger partial charge in [-0.1, -0.05) is 11.6 Å². The third-order valence-electron chi connectivity index (χ3n) is 1.22. The van der Waals surface area contributed by atoms with Gasteiger partial charge in [-0.05, 0) is 6.07 Å². The molecule has 0 aromatic carbocycles. The van der Waals surface area contributed by atoms with Crippen molar-refractivity contribution in [2.75, 3.05) is 13.1 Å². The molecule has 1 rings (SSSR count). The lowest BCUT2D eigenvalue weighted by molar-refractivity contribution is 0.0959. The van der Waals surface area contributed by atoms with Crippen LogP contribution >= 0.6 is 22.9 Å². The van der Waals surface area contributed by atoms with Gasteiger partial charge in [0, 0.05) is 18.5 Å². The topological polar surface area (TPSA) is 55.1 Å². The fourth-order valence-electron chi connectivity index (χ4n) is 0.705. The normalized spacial score (nSPS) is 9.83. The quantitative estimate of drug-likeness (QED) is 0.775. The third kappa shape index (κ3) is 2.48. The highest BCUT2D eigenvalue weighted by Crippen LogP contribution is 2.18. The van der Waals surface area contributed by atoms with E-state index in [1.165, 1.54) is 11.3 Å². The monoisotopic (exact) mass is 204 g/mol. The number of hydrogen-bond donors (Lipinski definition) is 2. The Labute approximate surface area is 79.5 Å². The molecular weight excluding hydrogens is 196 g/mol. The van der Waals surface area contributed by atoms with E-state index in [-0.39, 0.29) is 5.91 Å². The Hall–Kier alpha value is -0.580. The van der Waals surface area contributed by atoms with Gasteiger partial charge >= 0.3 is 0 Å². The molecule has 0 aliphatic heterocycles. The van der Waals surface area contributed by atoms with E-state index in [0.717, 1.165) is 0 Å². The highest BCUT2D eigenvalue weighted by molar-refractivity contribution is 7.12. The van der Waals surface area contributed by atoms with Gasteiger partial charge in [-0.3, -0.25) is 4.79 Å². The number of nitrogens with one attached hydrogen (secondary N) is 1. The van der Waals surface area contributed by atoms with Crippen molar-refractivity contribution in [1.82, 2.24) is 5.32 Å². The molecule has 0 fully saturated rings. The highest BCUT2D eigenvalue weighted by Gasteiger charge is 2.06. The van der Waals surface area contributed by atoms with E-state index in [2.05, 4.69) is 5.32 Å². The maximum atomic E-state index is 11.2. The molecule has 66 valence electrons. The summed E-state index contributed by atoms with van der Waals surface area (Å²) < 4.78 is 0. The number of hydrogen-bond acceptors (Lipinski definition) is 3. The zero-order chi connectivity index (χ0) is 8.97. The SMILES string of the molecule is NCCNC(=O)c1cc(Cl)cs1. The standard InChI is InChI=1S/C7H9ClN2OS/c8-5-3-6(12-4-5)7(11)10-2-1-9/h3-4H,1-2,9H2,(H,10,11). The Morgan fingerprint density at radius 1 is 1.75 bits per heavy atom. The lowest BCUT2D eigenvalue weighted by Gasteiger charge is -1.98. The Kier molecular flexibility index (Phi) is 3.52. The van der Waals surface area contributed by atoms with Crippen LogP contribution in [0.4, 0.5) is 0 Å². The number of halogens is 1. The highest BCUT2D eigenvalue weighted by atomic mass is 35.5. The summed E-state index contributed by atoms with van der Waals surface area (Å²) >= 11 is 6.97. The van der Waals surface area contributed by atoms with Gasteiger partial charge in [0.1, 0.15) is 0 Å². The van der Waals surface area contributed by atoms with Crippen LogP contribution in [0.1, 0.15) is 9.67 Å². The molecule has 0 saturated heterocycles. The maximum absolute atomic E-state index is 11.2. The molecule has 0 atom stereocenters. The summed E-state index contributed by atoms with van der Waals surface area (Å²) in [6.45, 7) is 0.944.